The van der Waals surface area contributed by atoms with Crippen LogP contribution in [0.5, 0.6) is 5.75 Å². The predicted molar refractivity (Wildman–Crippen MR) is 105 cm³/mol. The number of ether oxygens (including phenoxy) is 1. The molecule has 2 aliphatic rings. The van der Waals surface area contributed by atoms with E-state index in [9.17, 15) is 4.79 Å². The Balaban J connectivity index is 1.24. The first-order chi connectivity index (χ1) is 13.2. The van der Waals surface area contributed by atoms with Crippen LogP contribution in [0.3, 0.4) is 0 Å². The smallest absolute Gasteiger partial charge is 0.335 e. The molecule has 1 aliphatic carbocycles. The van der Waals surface area contributed by atoms with Crippen LogP contribution >= 0.6 is 0 Å². The number of aromatic carboxylic acids is 1. The van der Waals surface area contributed by atoms with Crippen LogP contribution in [-0.2, 0) is 6.54 Å². The molecule has 2 aromatic rings. The summed E-state index contributed by atoms with van der Waals surface area (Å²) < 4.78 is 6.03. The SMILES string of the molecule is O=C(O)c1ccc(OC2CCN(Cc3ccc(C4CCC4)cc3)CC2)cc1. The molecule has 0 atom stereocenters. The number of carbonyl (C=O) groups is 1. The molecule has 1 aliphatic heterocycles. The van der Waals surface area contributed by atoms with Gasteiger partial charge in [-0.25, -0.2) is 4.79 Å². The molecular weight excluding hydrogens is 338 g/mol. The molecule has 0 bridgehead atoms. The van der Waals surface area contributed by atoms with Gasteiger partial charge in [-0.05, 0) is 67.0 Å². The summed E-state index contributed by atoms with van der Waals surface area (Å²) >= 11 is 0. The van der Waals surface area contributed by atoms with Crippen LogP contribution in [0.2, 0.25) is 0 Å². The van der Waals surface area contributed by atoms with Crippen molar-refractivity contribution >= 4 is 5.97 Å². The molecule has 1 saturated carbocycles. The number of benzene rings is 2. The fraction of sp³-hybridized carbons (Fsp3) is 0.435. The highest BCUT2D eigenvalue weighted by Crippen LogP contribution is 2.36. The van der Waals surface area contributed by atoms with Crippen molar-refractivity contribution in [3.63, 3.8) is 0 Å². The van der Waals surface area contributed by atoms with Gasteiger partial charge in [-0.15, -0.1) is 0 Å². The second-order valence-corrected chi connectivity index (χ2v) is 7.79. The van der Waals surface area contributed by atoms with Crippen molar-refractivity contribution in [3.05, 3.63) is 65.2 Å². The maximum Gasteiger partial charge on any atom is 0.335 e. The predicted octanol–water partition coefficient (Wildman–Crippen LogP) is 4.70. The van der Waals surface area contributed by atoms with E-state index in [4.69, 9.17) is 9.84 Å². The summed E-state index contributed by atoms with van der Waals surface area (Å²) in [5.41, 5.74) is 3.19. The van der Waals surface area contributed by atoms with E-state index >= 15 is 0 Å². The largest absolute Gasteiger partial charge is 0.490 e. The van der Waals surface area contributed by atoms with Crippen molar-refractivity contribution in [3.8, 4) is 5.75 Å². The van der Waals surface area contributed by atoms with Gasteiger partial charge in [0.25, 0.3) is 0 Å². The van der Waals surface area contributed by atoms with Crippen molar-refractivity contribution < 1.29 is 14.6 Å². The van der Waals surface area contributed by atoms with Crippen molar-refractivity contribution in [1.82, 2.24) is 4.90 Å². The van der Waals surface area contributed by atoms with Crippen molar-refractivity contribution in [2.75, 3.05) is 13.1 Å². The average Bonchev–Trinajstić information content (AvgIpc) is 2.64. The molecule has 0 amide bonds. The Morgan fingerprint density at radius 3 is 2.19 bits per heavy atom. The molecular formula is C23H27NO3. The highest BCUT2D eigenvalue weighted by Gasteiger charge is 2.22. The van der Waals surface area contributed by atoms with E-state index in [0.29, 0.717) is 5.56 Å². The molecule has 1 N–H and O–H groups in total. The zero-order valence-electron chi connectivity index (χ0n) is 15.6. The van der Waals surface area contributed by atoms with Gasteiger partial charge in [-0.3, -0.25) is 4.90 Å². The van der Waals surface area contributed by atoms with Crippen molar-refractivity contribution in [2.24, 2.45) is 0 Å². The summed E-state index contributed by atoms with van der Waals surface area (Å²) in [7, 11) is 0. The van der Waals surface area contributed by atoms with Gasteiger partial charge < -0.3 is 9.84 Å². The molecule has 0 unspecified atom stereocenters. The Morgan fingerprint density at radius 2 is 1.63 bits per heavy atom. The van der Waals surface area contributed by atoms with Gasteiger partial charge in [0.05, 0.1) is 5.56 Å². The van der Waals surface area contributed by atoms with Gasteiger partial charge in [0.1, 0.15) is 11.9 Å². The van der Waals surface area contributed by atoms with Crippen LogP contribution in [0.1, 0.15) is 59.5 Å². The lowest BCUT2D eigenvalue weighted by Crippen LogP contribution is -2.37. The van der Waals surface area contributed by atoms with Crippen LogP contribution in [0.25, 0.3) is 0 Å². The summed E-state index contributed by atoms with van der Waals surface area (Å²) in [6.07, 6.45) is 6.30. The number of rotatable bonds is 6. The molecule has 1 saturated heterocycles. The van der Waals surface area contributed by atoms with Gasteiger partial charge >= 0.3 is 5.97 Å². The van der Waals surface area contributed by atoms with E-state index in [1.54, 1.807) is 24.3 Å². The second-order valence-electron chi connectivity index (χ2n) is 7.79. The van der Waals surface area contributed by atoms with E-state index in [0.717, 1.165) is 44.1 Å². The first-order valence-corrected chi connectivity index (χ1v) is 9.98. The van der Waals surface area contributed by atoms with Gasteiger partial charge in [0.15, 0.2) is 0 Å². The Hall–Kier alpha value is -2.33. The van der Waals surface area contributed by atoms with E-state index < -0.39 is 5.97 Å². The molecule has 0 radical (unpaired) electrons. The molecule has 4 rings (SSSR count). The number of hydrogen-bond acceptors (Lipinski definition) is 3. The molecule has 0 aromatic heterocycles. The zero-order valence-corrected chi connectivity index (χ0v) is 15.6. The summed E-state index contributed by atoms with van der Waals surface area (Å²) in [5.74, 6) is 0.650. The van der Waals surface area contributed by atoms with Gasteiger partial charge in [-0.2, -0.15) is 0 Å². The third kappa shape index (κ3) is 4.51. The lowest BCUT2D eigenvalue weighted by molar-refractivity contribution is 0.0696. The topological polar surface area (TPSA) is 49.8 Å². The summed E-state index contributed by atoms with van der Waals surface area (Å²) in [5, 5.41) is 8.96. The molecule has 27 heavy (non-hydrogen) atoms. The highest BCUT2D eigenvalue weighted by atomic mass is 16.5. The van der Waals surface area contributed by atoms with Crippen LogP contribution in [0.15, 0.2) is 48.5 Å². The second kappa shape index (κ2) is 8.13. The minimum atomic E-state index is -0.907. The molecule has 1 heterocycles. The molecule has 2 fully saturated rings. The molecule has 142 valence electrons. The Bertz CT molecular complexity index is 757. The summed E-state index contributed by atoms with van der Waals surface area (Å²) in [6.45, 7) is 3.06. The first kappa shape index (κ1) is 18.1. The fourth-order valence-corrected chi connectivity index (χ4v) is 3.95. The van der Waals surface area contributed by atoms with Crippen molar-refractivity contribution in [1.29, 1.82) is 0 Å². The zero-order chi connectivity index (χ0) is 18.6. The van der Waals surface area contributed by atoms with E-state index in [1.165, 1.54) is 30.4 Å². The fourth-order valence-electron chi connectivity index (χ4n) is 3.95. The minimum Gasteiger partial charge on any atom is -0.490 e. The van der Waals surface area contributed by atoms with E-state index in [-0.39, 0.29) is 6.10 Å². The number of carboxylic acid groups (broad SMARTS) is 1. The normalized spacial score (nSPS) is 18.8. The molecule has 2 aromatic carbocycles. The van der Waals surface area contributed by atoms with E-state index in [1.807, 2.05) is 0 Å². The number of piperidine rings is 1. The van der Waals surface area contributed by atoms with E-state index in [2.05, 4.69) is 29.2 Å². The van der Waals surface area contributed by atoms with Crippen molar-refractivity contribution in [2.45, 2.75) is 50.7 Å². The quantitative estimate of drug-likeness (QED) is 0.806. The number of likely N-dealkylation sites (tertiary alicyclic amines) is 1. The van der Waals surface area contributed by atoms with Gasteiger partial charge in [-0.1, -0.05) is 30.7 Å². The minimum absolute atomic E-state index is 0.206. The number of carboxylic acids is 1. The lowest BCUT2D eigenvalue weighted by Gasteiger charge is -2.32. The molecule has 4 nitrogen and oxygen atoms in total. The summed E-state index contributed by atoms with van der Waals surface area (Å²) in [6, 6.07) is 15.9. The molecule has 4 heteroatoms. The Morgan fingerprint density at radius 1 is 0.963 bits per heavy atom. The Kier molecular flexibility index (Phi) is 5.44. The molecule has 0 spiro atoms. The summed E-state index contributed by atoms with van der Waals surface area (Å²) in [4.78, 5) is 13.4. The standard InChI is InChI=1S/C23H27NO3/c25-23(26)20-8-10-21(11-9-20)27-22-12-14-24(15-13-22)16-17-4-6-19(7-5-17)18-2-1-3-18/h4-11,18,22H,1-3,12-16H2,(H,25,26). The third-order valence-electron chi connectivity index (χ3n) is 5.90. The highest BCUT2D eigenvalue weighted by molar-refractivity contribution is 5.87. The van der Waals surface area contributed by atoms with Gasteiger partial charge in [0, 0.05) is 19.6 Å². The number of hydrogen-bond donors (Lipinski definition) is 1. The first-order valence-electron chi connectivity index (χ1n) is 9.98. The van der Waals surface area contributed by atoms with Crippen LogP contribution in [0, 0.1) is 0 Å². The van der Waals surface area contributed by atoms with Gasteiger partial charge in [0.2, 0.25) is 0 Å². The maximum atomic E-state index is 10.9. The third-order valence-corrected chi connectivity index (χ3v) is 5.90. The average molecular weight is 365 g/mol. The van der Waals surface area contributed by atoms with Crippen LogP contribution < -0.4 is 4.74 Å². The van der Waals surface area contributed by atoms with Crippen LogP contribution in [-0.4, -0.2) is 35.2 Å². The van der Waals surface area contributed by atoms with Crippen LogP contribution in [0.4, 0.5) is 0 Å². The monoisotopic (exact) mass is 365 g/mol. The maximum absolute atomic E-state index is 10.9. The lowest BCUT2D eigenvalue weighted by atomic mass is 9.80. The number of nitrogens with zero attached hydrogens (tertiary/aromatic N) is 1. The Labute approximate surface area is 160 Å².